The fraction of sp³-hybridized carbons (Fsp3) is 0.300. The highest BCUT2D eigenvalue weighted by atomic mass is 79.9. The van der Waals surface area contributed by atoms with Gasteiger partial charge in [0.25, 0.3) is 5.91 Å². The lowest BCUT2D eigenvalue weighted by atomic mass is 10.0. The SMILES string of the molecule is CCOC(=O)c1ccc(NC(=O)COc2ccc(C(C)C)cc2Br)c(Cl)c1. The fourth-order valence-electron chi connectivity index (χ4n) is 2.28. The van der Waals surface area contributed by atoms with Crippen LogP contribution in [0.1, 0.15) is 42.6 Å². The average Bonchev–Trinajstić information content (AvgIpc) is 2.62. The van der Waals surface area contributed by atoms with Crippen molar-refractivity contribution in [1.82, 2.24) is 0 Å². The van der Waals surface area contributed by atoms with Crippen LogP contribution in [0.3, 0.4) is 0 Å². The van der Waals surface area contributed by atoms with E-state index in [2.05, 4.69) is 35.1 Å². The van der Waals surface area contributed by atoms with Crippen LogP contribution < -0.4 is 10.1 Å². The Morgan fingerprint density at radius 3 is 2.52 bits per heavy atom. The number of hydrogen-bond donors (Lipinski definition) is 1. The highest BCUT2D eigenvalue weighted by Crippen LogP contribution is 2.29. The van der Waals surface area contributed by atoms with E-state index in [0.717, 1.165) is 4.47 Å². The molecule has 2 rings (SSSR count). The molecule has 144 valence electrons. The molecule has 0 unspecified atom stereocenters. The Hall–Kier alpha value is -2.05. The molecule has 0 aromatic heterocycles. The molecule has 0 spiro atoms. The van der Waals surface area contributed by atoms with Crippen molar-refractivity contribution < 1.29 is 19.1 Å². The molecule has 27 heavy (non-hydrogen) atoms. The molecule has 0 saturated heterocycles. The van der Waals surface area contributed by atoms with Gasteiger partial charge >= 0.3 is 5.97 Å². The standard InChI is InChI=1S/C20H21BrClNO4/c1-4-26-20(25)14-5-7-17(16(22)10-14)23-19(24)11-27-18-8-6-13(12(2)3)9-15(18)21/h5-10,12H,4,11H2,1-3H3,(H,23,24). The molecule has 1 amide bonds. The quantitative estimate of drug-likeness (QED) is 0.567. The van der Waals surface area contributed by atoms with E-state index in [-0.39, 0.29) is 24.1 Å². The van der Waals surface area contributed by atoms with E-state index in [1.165, 1.54) is 11.6 Å². The van der Waals surface area contributed by atoms with Crippen molar-refractivity contribution in [3.8, 4) is 5.75 Å². The first-order valence-electron chi connectivity index (χ1n) is 8.50. The lowest BCUT2D eigenvalue weighted by molar-refractivity contribution is -0.118. The Morgan fingerprint density at radius 1 is 1.19 bits per heavy atom. The maximum atomic E-state index is 12.1. The molecule has 0 atom stereocenters. The number of carbonyl (C=O) groups is 2. The Balaban J connectivity index is 1.97. The van der Waals surface area contributed by atoms with Crippen molar-refractivity contribution in [2.24, 2.45) is 0 Å². The molecule has 0 radical (unpaired) electrons. The Morgan fingerprint density at radius 2 is 1.93 bits per heavy atom. The third-order valence-electron chi connectivity index (χ3n) is 3.74. The maximum Gasteiger partial charge on any atom is 0.338 e. The van der Waals surface area contributed by atoms with Gasteiger partial charge in [-0.25, -0.2) is 4.79 Å². The van der Waals surface area contributed by atoms with Gasteiger partial charge < -0.3 is 14.8 Å². The van der Waals surface area contributed by atoms with Crippen molar-refractivity contribution in [2.45, 2.75) is 26.7 Å². The third kappa shape index (κ3) is 5.97. The van der Waals surface area contributed by atoms with Crippen LogP contribution in [0.5, 0.6) is 5.75 Å². The first kappa shape index (κ1) is 21.3. The first-order valence-corrected chi connectivity index (χ1v) is 9.67. The van der Waals surface area contributed by atoms with E-state index in [4.69, 9.17) is 21.1 Å². The van der Waals surface area contributed by atoms with E-state index >= 15 is 0 Å². The van der Waals surface area contributed by atoms with Crippen molar-refractivity contribution in [3.63, 3.8) is 0 Å². The van der Waals surface area contributed by atoms with Crippen molar-refractivity contribution in [2.75, 3.05) is 18.5 Å². The number of ether oxygens (including phenoxy) is 2. The van der Waals surface area contributed by atoms with Gasteiger partial charge in [0.05, 0.1) is 27.4 Å². The molecule has 0 saturated carbocycles. The normalized spacial score (nSPS) is 10.6. The number of benzene rings is 2. The van der Waals surface area contributed by atoms with Crippen LogP contribution in [-0.4, -0.2) is 25.1 Å². The Labute approximate surface area is 172 Å². The molecule has 0 bridgehead atoms. The Bertz CT molecular complexity index is 839. The van der Waals surface area contributed by atoms with Crippen LogP contribution in [-0.2, 0) is 9.53 Å². The summed E-state index contributed by atoms with van der Waals surface area (Å²) < 4.78 is 11.3. The number of nitrogens with one attached hydrogen (secondary N) is 1. The second kappa shape index (κ2) is 9.76. The summed E-state index contributed by atoms with van der Waals surface area (Å²) in [4.78, 5) is 23.8. The highest BCUT2D eigenvalue weighted by molar-refractivity contribution is 9.10. The van der Waals surface area contributed by atoms with Crippen molar-refractivity contribution in [3.05, 3.63) is 57.0 Å². The number of esters is 1. The number of halogens is 2. The van der Waals surface area contributed by atoms with Crippen molar-refractivity contribution >= 4 is 45.1 Å². The van der Waals surface area contributed by atoms with Crippen LogP contribution in [0, 0.1) is 0 Å². The van der Waals surface area contributed by atoms with Gasteiger partial charge in [-0.1, -0.05) is 31.5 Å². The zero-order chi connectivity index (χ0) is 20.0. The summed E-state index contributed by atoms with van der Waals surface area (Å²) in [7, 11) is 0. The van der Waals surface area contributed by atoms with Gasteiger partial charge in [-0.05, 0) is 64.7 Å². The number of rotatable bonds is 7. The number of anilines is 1. The molecule has 0 heterocycles. The number of hydrogen-bond acceptors (Lipinski definition) is 4. The highest BCUT2D eigenvalue weighted by Gasteiger charge is 2.12. The third-order valence-corrected chi connectivity index (χ3v) is 4.67. The average molecular weight is 455 g/mol. The van der Waals surface area contributed by atoms with Crippen LogP contribution in [0.15, 0.2) is 40.9 Å². The summed E-state index contributed by atoms with van der Waals surface area (Å²) in [6.45, 7) is 6.04. The molecular weight excluding hydrogens is 434 g/mol. The maximum absolute atomic E-state index is 12.1. The molecule has 7 heteroatoms. The lowest BCUT2D eigenvalue weighted by Crippen LogP contribution is -2.20. The monoisotopic (exact) mass is 453 g/mol. The smallest absolute Gasteiger partial charge is 0.338 e. The van der Waals surface area contributed by atoms with E-state index in [1.807, 2.05) is 18.2 Å². The van der Waals surface area contributed by atoms with Crippen LogP contribution in [0.25, 0.3) is 0 Å². The minimum Gasteiger partial charge on any atom is -0.483 e. The predicted octanol–water partition coefficient (Wildman–Crippen LogP) is 5.42. The largest absolute Gasteiger partial charge is 0.483 e. The second-order valence-electron chi connectivity index (χ2n) is 6.10. The van der Waals surface area contributed by atoms with Gasteiger partial charge in [0.15, 0.2) is 6.61 Å². The molecule has 0 aliphatic carbocycles. The molecule has 0 aliphatic heterocycles. The molecule has 0 aliphatic rings. The van der Waals surface area contributed by atoms with Gasteiger partial charge in [0.1, 0.15) is 5.75 Å². The lowest BCUT2D eigenvalue weighted by Gasteiger charge is -2.12. The molecule has 2 aromatic rings. The van der Waals surface area contributed by atoms with Gasteiger partial charge in [0, 0.05) is 0 Å². The predicted molar refractivity (Wildman–Crippen MR) is 110 cm³/mol. The summed E-state index contributed by atoms with van der Waals surface area (Å²) in [6, 6.07) is 10.3. The summed E-state index contributed by atoms with van der Waals surface area (Å²) >= 11 is 9.59. The van der Waals surface area contributed by atoms with Crippen LogP contribution in [0.4, 0.5) is 5.69 Å². The van der Waals surface area contributed by atoms with Crippen LogP contribution in [0.2, 0.25) is 5.02 Å². The zero-order valence-electron chi connectivity index (χ0n) is 15.3. The number of amides is 1. The Kier molecular flexibility index (Phi) is 7.68. The molecule has 2 aromatic carbocycles. The fourth-order valence-corrected chi connectivity index (χ4v) is 3.02. The van der Waals surface area contributed by atoms with Gasteiger partial charge in [-0.15, -0.1) is 0 Å². The van der Waals surface area contributed by atoms with E-state index < -0.39 is 5.97 Å². The summed E-state index contributed by atoms with van der Waals surface area (Å²) in [5.41, 5.74) is 1.89. The van der Waals surface area contributed by atoms with Gasteiger partial charge in [0.2, 0.25) is 0 Å². The van der Waals surface area contributed by atoms with E-state index in [9.17, 15) is 9.59 Å². The summed E-state index contributed by atoms with van der Waals surface area (Å²) in [6.07, 6.45) is 0. The van der Waals surface area contributed by atoms with E-state index in [1.54, 1.807) is 19.1 Å². The second-order valence-corrected chi connectivity index (χ2v) is 7.36. The number of carbonyl (C=O) groups excluding carboxylic acids is 2. The summed E-state index contributed by atoms with van der Waals surface area (Å²) in [5, 5.41) is 2.91. The first-order chi connectivity index (χ1) is 12.8. The molecular formula is C20H21BrClNO4. The minimum atomic E-state index is -0.463. The van der Waals surface area contributed by atoms with Crippen LogP contribution >= 0.6 is 27.5 Å². The van der Waals surface area contributed by atoms with Gasteiger partial charge in [-0.3, -0.25) is 4.79 Å². The molecule has 1 N–H and O–H groups in total. The van der Waals surface area contributed by atoms with E-state index in [0.29, 0.717) is 22.9 Å². The summed E-state index contributed by atoms with van der Waals surface area (Å²) in [5.74, 6) is 0.160. The van der Waals surface area contributed by atoms with Crippen molar-refractivity contribution in [1.29, 1.82) is 0 Å². The van der Waals surface area contributed by atoms with Gasteiger partial charge in [-0.2, -0.15) is 0 Å². The zero-order valence-corrected chi connectivity index (χ0v) is 17.7. The molecule has 0 fully saturated rings. The molecule has 5 nitrogen and oxygen atoms in total. The minimum absolute atomic E-state index is 0.171. The topological polar surface area (TPSA) is 64.6 Å².